The summed E-state index contributed by atoms with van der Waals surface area (Å²) in [6.45, 7) is 1.98. The van der Waals surface area contributed by atoms with Crippen molar-refractivity contribution >= 4 is 17.5 Å². The third-order valence-electron chi connectivity index (χ3n) is 5.84. The predicted molar refractivity (Wildman–Crippen MR) is 71.5 cm³/mol. The molecule has 5 fully saturated rings. The number of hydrogen-bond acceptors (Lipinski definition) is 1. The van der Waals surface area contributed by atoms with Crippen LogP contribution in [0.3, 0.4) is 0 Å². The van der Waals surface area contributed by atoms with E-state index >= 15 is 0 Å². The quantitative estimate of drug-likeness (QED) is 0.668. The highest BCUT2D eigenvalue weighted by molar-refractivity contribution is 6.24. The molecule has 5 aliphatic rings. The van der Waals surface area contributed by atoms with Crippen LogP contribution < -0.4 is 0 Å². The molecule has 3 heteroatoms. The van der Waals surface area contributed by atoms with Gasteiger partial charge in [0.2, 0.25) is 5.91 Å². The second-order valence-corrected chi connectivity index (χ2v) is 8.19. The van der Waals surface area contributed by atoms with Crippen LogP contribution in [0.1, 0.15) is 51.4 Å². The zero-order valence-corrected chi connectivity index (χ0v) is 11.7. The Morgan fingerprint density at radius 3 is 2.22 bits per heavy atom. The summed E-state index contributed by atoms with van der Waals surface area (Å²) in [4.78, 5) is 15.0. The summed E-state index contributed by atoms with van der Waals surface area (Å²) >= 11 is 6.80. The van der Waals surface area contributed by atoms with E-state index in [-0.39, 0.29) is 10.3 Å². The van der Waals surface area contributed by atoms with Crippen molar-refractivity contribution in [2.24, 2.45) is 17.3 Å². The van der Waals surface area contributed by atoms with Crippen LogP contribution in [-0.4, -0.2) is 28.8 Å². The zero-order chi connectivity index (χ0) is 12.4. The lowest BCUT2D eigenvalue weighted by atomic mass is 9.49. The number of halogens is 1. The van der Waals surface area contributed by atoms with Crippen molar-refractivity contribution < 1.29 is 4.79 Å². The number of hydrogen-bond donors (Lipinski definition) is 0. The van der Waals surface area contributed by atoms with Crippen molar-refractivity contribution in [3.05, 3.63) is 0 Å². The predicted octanol–water partition coefficient (Wildman–Crippen LogP) is 3.19. The molecule has 0 aromatic heterocycles. The molecule has 0 radical (unpaired) electrons. The van der Waals surface area contributed by atoms with Crippen molar-refractivity contribution in [3.63, 3.8) is 0 Å². The molecule has 2 nitrogen and oxygen atoms in total. The highest BCUT2D eigenvalue weighted by Gasteiger charge is 2.60. The maximum Gasteiger partial charge on any atom is 0.228 e. The van der Waals surface area contributed by atoms with E-state index in [9.17, 15) is 4.79 Å². The normalized spacial score (nSPS) is 49.9. The summed E-state index contributed by atoms with van der Waals surface area (Å²) in [7, 11) is 0. The van der Waals surface area contributed by atoms with E-state index in [2.05, 4.69) is 4.90 Å². The molecule has 1 aliphatic heterocycles. The monoisotopic (exact) mass is 267 g/mol. The lowest BCUT2D eigenvalue weighted by Gasteiger charge is -2.59. The van der Waals surface area contributed by atoms with Crippen molar-refractivity contribution in [3.8, 4) is 0 Å². The first-order chi connectivity index (χ1) is 8.59. The highest BCUT2D eigenvalue weighted by atomic mass is 35.5. The number of alkyl halides is 1. The molecule has 5 rings (SSSR count). The first kappa shape index (κ1) is 11.6. The van der Waals surface area contributed by atoms with Crippen LogP contribution in [0, 0.1) is 17.3 Å². The summed E-state index contributed by atoms with van der Waals surface area (Å²) in [6, 6.07) is 0. The Morgan fingerprint density at radius 1 is 1.06 bits per heavy atom. The van der Waals surface area contributed by atoms with Crippen LogP contribution >= 0.6 is 11.6 Å². The van der Waals surface area contributed by atoms with Gasteiger partial charge in [-0.25, -0.2) is 0 Å². The van der Waals surface area contributed by atoms with E-state index in [0.717, 1.165) is 44.2 Å². The first-order valence-corrected chi connectivity index (χ1v) is 7.95. The Kier molecular flexibility index (Phi) is 2.35. The molecule has 1 heterocycles. The zero-order valence-electron chi connectivity index (χ0n) is 11.0. The smallest absolute Gasteiger partial charge is 0.228 e. The molecule has 4 aliphatic carbocycles. The summed E-state index contributed by atoms with van der Waals surface area (Å²) in [6.07, 6.45) is 9.29. The number of rotatable bonds is 1. The van der Waals surface area contributed by atoms with Crippen molar-refractivity contribution in [2.75, 3.05) is 13.1 Å². The number of carbonyl (C=O) groups excluding carboxylic acids is 1. The van der Waals surface area contributed by atoms with E-state index in [4.69, 9.17) is 11.6 Å². The first-order valence-electron chi connectivity index (χ1n) is 7.57. The molecule has 0 unspecified atom stereocenters. The Labute approximate surface area is 114 Å². The Morgan fingerprint density at radius 2 is 1.67 bits per heavy atom. The molecule has 0 N–H and O–H groups in total. The second-order valence-electron chi connectivity index (χ2n) is 7.39. The summed E-state index contributed by atoms with van der Waals surface area (Å²) in [5, 5.41) is 0. The van der Waals surface area contributed by atoms with E-state index in [0.29, 0.717) is 5.91 Å². The molecule has 1 saturated heterocycles. The topological polar surface area (TPSA) is 20.3 Å². The Bertz CT molecular complexity index is 374. The van der Waals surface area contributed by atoms with Gasteiger partial charge < -0.3 is 4.90 Å². The Balaban J connectivity index is 1.64. The molecule has 4 saturated carbocycles. The van der Waals surface area contributed by atoms with Gasteiger partial charge in [-0.1, -0.05) is 0 Å². The van der Waals surface area contributed by atoms with Gasteiger partial charge in [0.25, 0.3) is 0 Å². The molecule has 18 heavy (non-hydrogen) atoms. The molecule has 100 valence electrons. The lowest BCUT2D eigenvalue weighted by Crippen LogP contribution is -2.58. The van der Waals surface area contributed by atoms with Crippen molar-refractivity contribution in [1.29, 1.82) is 0 Å². The van der Waals surface area contributed by atoms with Crippen molar-refractivity contribution in [2.45, 2.75) is 56.2 Å². The van der Waals surface area contributed by atoms with E-state index in [1.165, 1.54) is 32.1 Å². The lowest BCUT2D eigenvalue weighted by molar-refractivity contribution is -0.154. The van der Waals surface area contributed by atoms with Gasteiger partial charge in [0.05, 0.1) is 5.41 Å². The van der Waals surface area contributed by atoms with Gasteiger partial charge in [-0.3, -0.25) is 4.79 Å². The molecular weight excluding hydrogens is 246 g/mol. The van der Waals surface area contributed by atoms with Gasteiger partial charge in [0.1, 0.15) is 0 Å². The average Bonchev–Trinajstić information content (AvgIpc) is 2.77. The van der Waals surface area contributed by atoms with Gasteiger partial charge in [-0.15, -0.1) is 11.6 Å². The average molecular weight is 268 g/mol. The maximum atomic E-state index is 12.9. The third-order valence-corrected chi connectivity index (χ3v) is 6.28. The molecule has 0 spiro atoms. The minimum atomic E-state index is -0.0594. The Hall–Kier alpha value is -0.240. The van der Waals surface area contributed by atoms with Crippen LogP contribution in [-0.2, 0) is 4.79 Å². The van der Waals surface area contributed by atoms with Crippen LogP contribution in [0.25, 0.3) is 0 Å². The fourth-order valence-electron chi connectivity index (χ4n) is 5.66. The molecular formula is C15H22ClNO. The highest BCUT2D eigenvalue weighted by Crippen LogP contribution is 2.64. The van der Waals surface area contributed by atoms with E-state index in [1.54, 1.807) is 0 Å². The minimum absolute atomic E-state index is 0.0283. The second kappa shape index (κ2) is 3.65. The number of nitrogens with zero attached hydrogens (tertiary/aromatic N) is 1. The van der Waals surface area contributed by atoms with Crippen LogP contribution in [0.4, 0.5) is 0 Å². The number of likely N-dealkylation sites (tertiary alicyclic amines) is 1. The molecule has 0 aromatic rings. The maximum absolute atomic E-state index is 12.9. The van der Waals surface area contributed by atoms with Gasteiger partial charge in [0.15, 0.2) is 0 Å². The molecule has 4 bridgehead atoms. The van der Waals surface area contributed by atoms with E-state index < -0.39 is 0 Å². The number of amides is 1. The summed E-state index contributed by atoms with van der Waals surface area (Å²) < 4.78 is 0. The molecule has 2 atom stereocenters. The molecule has 0 aromatic carbocycles. The molecule has 1 amide bonds. The van der Waals surface area contributed by atoms with Crippen LogP contribution in [0.15, 0.2) is 0 Å². The standard InChI is InChI=1S/C15H22ClNO/c16-15-8-11-5-12(9-15)7-14(6-11,10-15)13(18)17-3-1-2-4-17/h11-12H,1-10H2/t11-,12-,14?,15?/m0/s1. The number of carbonyl (C=O) groups is 1. The fourth-order valence-corrected chi connectivity index (χ4v) is 6.35. The van der Waals surface area contributed by atoms with Gasteiger partial charge >= 0.3 is 0 Å². The van der Waals surface area contributed by atoms with Crippen molar-refractivity contribution in [1.82, 2.24) is 4.90 Å². The fraction of sp³-hybridized carbons (Fsp3) is 0.933. The minimum Gasteiger partial charge on any atom is -0.342 e. The van der Waals surface area contributed by atoms with Crippen LogP contribution in [0.2, 0.25) is 0 Å². The third kappa shape index (κ3) is 1.57. The van der Waals surface area contributed by atoms with Gasteiger partial charge in [-0.2, -0.15) is 0 Å². The summed E-state index contributed by atoms with van der Waals surface area (Å²) in [5.74, 6) is 1.92. The summed E-state index contributed by atoms with van der Waals surface area (Å²) in [5.41, 5.74) is -0.0594. The largest absolute Gasteiger partial charge is 0.342 e. The van der Waals surface area contributed by atoms with E-state index in [1.807, 2.05) is 0 Å². The SMILES string of the molecule is O=C(N1CCCC1)C12C[C@@H]3C[C@H](CC(Cl)(C3)C1)C2. The van der Waals surface area contributed by atoms with Crippen LogP contribution in [0.5, 0.6) is 0 Å². The van der Waals surface area contributed by atoms with Gasteiger partial charge in [-0.05, 0) is 63.2 Å². The van der Waals surface area contributed by atoms with Gasteiger partial charge in [0, 0.05) is 18.0 Å².